The van der Waals surface area contributed by atoms with Gasteiger partial charge >= 0.3 is 0 Å². The second-order valence-corrected chi connectivity index (χ2v) is 5.59. The first-order valence-electron chi connectivity index (χ1n) is 7.39. The zero-order chi connectivity index (χ0) is 15.7. The normalized spacial score (nSPS) is 10.3. The molecule has 1 rings (SSSR count). The highest BCUT2D eigenvalue weighted by atomic mass is 32.1. The van der Waals surface area contributed by atoms with Gasteiger partial charge in [-0.1, -0.05) is 30.3 Å². The maximum absolute atomic E-state index is 11.8. The van der Waals surface area contributed by atoms with Crippen LogP contribution in [0.25, 0.3) is 0 Å². The lowest BCUT2D eigenvalue weighted by Gasteiger charge is -2.24. The Morgan fingerprint density at radius 1 is 1.29 bits per heavy atom. The van der Waals surface area contributed by atoms with Crippen LogP contribution in [0.4, 0.5) is 0 Å². The van der Waals surface area contributed by atoms with Crippen LogP contribution in [0.1, 0.15) is 26.3 Å². The minimum Gasteiger partial charge on any atom is -0.362 e. The van der Waals surface area contributed by atoms with Crippen LogP contribution in [0.2, 0.25) is 0 Å². The fraction of sp³-hybridized carbons (Fsp3) is 0.500. The third-order valence-electron chi connectivity index (χ3n) is 2.99. The number of thiocarbonyl (C=S) groups is 1. The average molecular weight is 307 g/mol. The second kappa shape index (κ2) is 9.34. The van der Waals surface area contributed by atoms with E-state index in [4.69, 9.17) is 12.2 Å². The van der Waals surface area contributed by atoms with Crippen LogP contribution in [0.15, 0.2) is 30.3 Å². The van der Waals surface area contributed by atoms with Gasteiger partial charge in [0, 0.05) is 19.1 Å². The smallest absolute Gasteiger partial charge is 0.239 e. The van der Waals surface area contributed by atoms with E-state index in [1.54, 1.807) is 0 Å². The van der Waals surface area contributed by atoms with Gasteiger partial charge in [-0.25, -0.2) is 0 Å². The van der Waals surface area contributed by atoms with Crippen molar-refractivity contribution in [3.63, 3.8) is 0 Å². The molecule has 0 atom stereocenters. The Kier molecular flexibility index (Phi) is 7.75. The molecule has 4 nitrogen and oxygen atoms in total. The molecule has 1 amide bonds. The molecule has 2 N–H and O–H groups in total. The third kappa shape index (κ3) is 7.09. The molecular formula is C16H25N3OS. The van der Waals surface area contributed by atoms with Crippen LogP contribution in [-0.2, 0) is 11.2 Å². The fourth-order valence-corrected chi connectivity index (χ4v) is 2.23. The molecule has 0 aromatic heterocycles. The Morgan fingerprint density at radius 3 is 2.52 bits per heavy atom. The van der Waals surface area contributed by atoms with Crippen LogP contribution in [0, 0.1) is 0 Å². The van der Waals surface area contributed by atoms with Gasteiger partial charge in [0.25, 0.3) is 0 Å². The van der Waals surface area contributed by atoms with Crippen LogP contribution < -0.4 is 10.6 Å². The number of hydrogen-bond donors (Lipinski definition) is 2. The summed E-state index contributed by atoms with van der Waals surface area (Å²) in [6.07, 6.45) is 0.913. The van der Waals surface area contributed by atoms with E-state index in [2.05, 4.69) is 22.8 Å². The molecule has 0 saturated carbocycles. The number of rotatable bonds is 7. The van der Waals surface area contributed by atoms with E-state index in [1.165, 1.54) is 5.56 Å². The fourth-order valence-electron chi connectivity index (χ4n) is 1.94. The molecule has 0 unspecified atom stereocenters. The maximum atomic E-state index is 11.8. The van der Waals surface area contributed by atoms with E-state index in [0.717, 1.165) is 13.0 Å². The summed E-state index contributed by atoms with van der Waals surface area (Å²) in [7, 11) is 0. The van der Waals surface area contributed by atoms with E-state index in [0.29, 0.717) is 18.2 Å². The monoisotopic (exact) mass is 307 g/mol. The summed E-state index contributed by atoms with van der Waals surface area (Å²) in [6.45, 7) is 7.67. The Bertz CT molecular complexity index is 448. The third-order valence-corrected chi connectivity index (χ3v) is 3.39. The van der Waals surface area contributed by atoms with Gasteiger partial charge in [0.1, 0.15) is 0 Å². The van der Waals surface area contributed by atoms with Gasteiger partial charge in [-0.3, -0.25) is 4.79 Å². The molecular weight excluding hydrogens is 282 g/mol. The largest absolute Gasteiger partial charge is 0.362 e. The summed E-state index contributed by atoms with van der Waals surface area (Å²) < 4.78 is 0. The molecule has 0 heterocycles. The van der Waals surface area contributed by atoms with Crippen molar-refractivity contribution in [3.8, 4) is 0 Å². The summed E-state index contributed by atoms with van der Waals surface area (Å²) in [5, 5.41) is 6.73. The van der Waals surface area contributed by atoms with Crippen LogP contribution in [0.3, 0.4) is 0 Å². The molecule has 116 valence electrons. The molecule has 1 aromatic carbocycles. The molecule has 21 heavy (non-hydrogen) atoms. The van der Waals surface area contributed by atoms with Crippen molar-refractivity contribution >= 4 is 23.2 Å². The van der Waals surface area contributed by atoms with Crippen molar-refractivity contribution < 1.29 is 4.79 Å². The van der Waals surface area contributed by atoms with Crippen molar-refractivity contribution in [1.29, 1.82) is 0 Å². The van der Waals surface area contributed by atoms with Crippen LogP contribution in [0.5, 0.6) is 0 Å². The maximum Gasteiger partial charge on any atom is 0.239 e. The van der Waals surface area contributed by atoms with Gasteiger partial charge in [0.2, 0.25) is 5.91 Å². The number of likely N-dealkylation sites (N-methyl/N-ethyl adjacent to an activating group) is 1. The molecule has 0 radical (unpaired) electrons. The highest BCUT2D eigenvalue weighted by Crippen LogP contribution is 1.99. The number of nitrogens with one attached hydrogen (secondary N) is 2. The molecule has 0 aliphatic carbocycles. The second-order valence-electron chi connectivity index (χ2n) is 5.20. The van der Waals surface area contributed by atoms with Gasteiger partial charge in [-0.15, -0.1) is 0 Å². The number of amides is 1. The Hall–Kier alpha value is -1.62. The SMILES string of the molecule is CCN(CC(=O)NC(C)C)C(=S)NCCc1ccccc1. The van der Waals surface area contributed by atoms with Crippen molar-refractivity contribution in [2.75, 3.05) is 19.6 Å². The molecule has 5 heteroatoms. The van der Waals surface area contributed by atoms with Crippen molar-refractivity contribution in [2.45, 2.75) is 33.2 Å². The van der Waals surface area contributed by atoms with Gasteiger partial charge in [0.15, 0.2) is 5.11 Å². The lowest BCUT2D eigenvalue weighted by Crippen LogP contribution is -2.46. The van der Waals surface area contributed by atoms with E-state index in [1.807, 2.05) is 43.9 Å². The summed E-state index contributed by atoms with van der Waals surface area (Å²) in [5.74, 6) is -0.000871. The van der Waals surface area contributed by atoms with Gasteiger partial charge in [-0.2, -0.15) is 0 Å². The zero-order valence-corrected chi connectivity index (χ0v) is 13.9. The van der Waals surface area contributed by atoms with Gasteiger partial charge in [0.05, 0.1) is 6.54 Å². The topological polar surface area (TPSA) is 44.4 Å². The lowest BCUT2D eigenvalue weighted by atomic mass is 10.1. The number of carbonyl (C=O) groups is 1. The first kappa shape index (κ1) is 17.4. The predicted octanol–water partition coefficient (Wildman–Crippen LogP) is 1.95. The number of benzene rings is 1. The molecule has 1 aromatic rings. The van der Waals surface area contributed by atoms with Gasteiger partial charge < -0.3 is 15.5 Å². The first-order chi connectivity index (χ1) is 10.0. The molecule has 0 aliphatic heterocycles. The standard InChI is InChI=1S/C16H25N3OS/c1-4-19(12-15(20)18-13(2)3)16(21)17-11-10-14-8-6-5-7-9-14/h5-9,13H,4,10-12H2,1-3H3,(H,17,21)(H,18,20). The molecule has 0 spiro atoms. The van der Waals surface area contributed by atoms with E-state index in [9.17, 15) is 4.79 Å². The summed E-state index contributed by atoms with van der Waals surface area (Å²) in [6, 6.07) is 10.4. The Labute approximate surface area is 132 Å². The average Bonchev–Trinajstić information content (AvgIpc) is 2.45. The number of nitrogens with zero attached hydrogens (tertiary/aromatic N) is 1. The van der Waals surface area contributed by atoms with Crippen molar-refractivity contribution in [3.05, 3.63) is 35.9 Å². The molecule has 0 fully saturated rings. The molecule has 0 saturated heterocycles. The van der Waals surface area contributed by atoms with Crippen molar-refractivity contribution in [2.24, 2.45) is 0 Å². The van der Waals surface area contributed by atoms with Gasteiger partial charge in [-0.05, 0) is 45.0 Å². The molecule has 0 aliphatic rings. The zero-order valence-electron chi connectivity index (χ0n) is 13.1. The summed E-state index contributed by atoms with van der Waals surface area (Å²) in [5.41, 5.74) is 1.27. The van der Waals surface area contributed by atoms with Crippen LogP contribution >= 0.6 is 12.2 Å². The van der Waals surface area contributed by atoms with E-state index in [-0.39, 0.29) is 11.9 Å². The Balaban J connectivity index is 2.35. The van der Waals surface area contributed by atoms with E-state index < -0.39 is 0 Å². The van der Waals surface area contributed by atoms with Crippen LogP contribution in [-0.4, -0.2) is 41.6 Å². The first-order valence-corrected chi connectivity index (χ1v) is 7.79. The minimum atomic E-state index is -0.000871. The molecule has 0 bridgehead atoms. The summed E-state index contributed by atoms with van der Waals surface area (Å²) in [4.78, 5) is 13.7. The number of hydrogen-bond acceptors (Lipinski definition) is 2. The lowest BCUT2D eigenvalue weighted by molar-refractivity contribution is -0.121. The predicted molar refractivity (Wildman–Crippen MR) is 91.3 cm³/mol. The summed E-state index contributed by atoms with van der Waals surface area (Å²) >= 11 is 5.36. The minimum absolute atomic E-state index is 0.000871. The highest BCUT2D eigenvalue weighted by Gasteiger charge is 2.12. The number of carbonyl (C=O) groups excluding carboxylic acids is 1. The van der Waals surface area contributed by atoms with Crippen molar-refractivity contribution in [1.82, 2.24) is 15.5 Å². The quantitative estimate of drug-likeness (QED) is 0.756. The Morgan fingerprint density at radius 2 is 1.95 bits per heavy atom. The van der Waals surface area contributed by atoms with E-state index >= 15 is 0 Å². The highest BCUT2D eigenvalue weighted by molar-refractivity contribution is 7.80.